The molecule has 2 nitrogen and oxygen atoms in total. The van der Waals surface area contributed by atoms with E-state index in [2.05, 4.69) is 18.3 Å². The zero-order valence-corrected chi connectivity index (χ0v) is 10.2. The monoisotopic (exact) mass is 237 g/mol. The average molecular weight is 237 g/mol. The summed E-state index contributed by atoms with van der Waals surface area (Å²) < 4.78 is 0. The highest BCUT2D eigenvalue weighted by molar-refractivity contribution is 5.98. The highest BCUT2D eigenvalue weighted by atomic mass is 16.3. The van der Waals surface area contributed by atoms with Gasteiger partial charge in [-0.15, -0.1) is 0 Å². The molecule has 0 saturated heterocycles. The number of allylic oxidation sites excluding steroid dienone is 1. The Hall–Kier alpha value is -2.06. The van der Waals surface area contributed by atoms with Crippen LogP contribution in [0.3, 0.4) is 0 Å². The lowest BCUT2D eigenvalue weighted by atomic mass is 9.90. The van der Waals surface area contributed by atoms with Crippen LogP contribution in [-0.2, 0) is 0 Å². The normalized spacial score (nSPS) is 18.2. The lowest BCUT2D eigenvalue weighted by molar-refractivity contribution is 0.261. The van der Waals surface area contributed by atoms with E-state index in [0.29, 0.717) is 0 Å². The molecule has 3 rings (SSSR count). The first-order valence-corrected chi connectivity index (χ1v) is 6.07. The summed E-state index contributed by atoms with van der Waals surface area (Å²) in [6.45, 7) is 2.06. The summed E-state index contributed by atoms with van der Waals surface area (Å²) in [5, 5.41) is 13.4. The van der Waals surface area contributed by atoms with Gasteiger partial charge in [0.25, 0.3) is 0 Å². The molecule has 0 aromatic heterocycles. The number of hydrogen-bond acceptors (Lipinski definition) is 2. The molecule has 1 heterocycles. The average Bonchev–Trinajstić information content (AvgIpc) is 2.40. The minimum Gasteiger partial charge on any atom is -0.369 e. The van der Waals surface area contributed by atoms with Gasteiger partial charge in [-0.05, 0) is 24.1 Å². The van der Waals surface area contributed by atoms with Gasteiger partial charge in [-0.3, -0.25) is 0 Å². The summed E-state index contributed by atoms with van der Waals surface area (Å²) >= 11 is 0. The summed E-state index contributed by atoms with van der Waals surface area (Å²) in [6, 6.07) is 18.1. The number of rotatable bonds is 1. The van der Waals surface area contributed by atoms with Gasteiger partial charge < -0.3 is 10.4 Å². The van der Waals surface area contributed by atoms with Crippen molar-refractivity contribution in [3.8, 4) is 0 Å². The minimum absolute atomic E-state index is 0.651. The molecule has 0 fully saturated rings. The second kappa shape index (κ2) is 4.31. The zero-order valence-electron chi connectivity index (χ0n) is 10.2. The summed E-state index contributed by atoms with van der Waals surface area (Å²) in [7, 11) is 0. The van der Waals surface area contributed by atoms with E-state index >= 15 is 0 Å². The van der Waals surface area contributed by atoms with Crippen LogP contribution in [0.25, 0.3) is 11.1 Å². The second-order valence-electron chi connectivity index (χ2n) is 4.50. The molecule has 0 amide bonds. The number of aliphatic hydroxyl groups is 1. The number of benzene rings is 2. The van der Waals surface area contributed by atoms with E-state index in [1.807, 2.05) is 48.5 Å². The van der Waals surface area contributed by atoms with E-state index in [1.54, 1.807) is 0 Å². The van der Waals surface area contributed by atoms with Crippen molar-refractivity contribution in [2.45, 2.75) is 13.2 Å². The Bertz CT molecular complexity index is 602. The first-order valence-electron chi connectivity index (χ1n) is 6.07. The van der Waals surface area contributed by atoms with Crippen LogP contribution in [0.5, 0.6) is 0 Å². The smallest absolute Gasteiger partial charge is 0.151 e. The Labute approximate surface area is 107 Å². The first kappa shape index (κ1) is 11.1. The van der Waals surface area contributed by atoms with Crippen molar-refractivity contribution in [2.75, 3.05) is 5.32 Å². The van der Waals surface area contributed by atoms with Gasteiger partial charge in [0, 0.05) is 16.8 Å². The molecule has 2 aromatic rings. The lowest BCUT2D eigenvalue weighted by Crippen LogP contribution is -2.25. The predicted octanol–water partition coefficient (Wildman–Crippen LogP) is 3.36. The molecule has 18 heavy (non-hydrogen) atoms. The van der Waals surface area contributed by atoms with Gasteiger partial charge in [-0.2, -0.15) is 0 Å². The molecule has 0 radical (unpaired) electrons. The van der Waals surface area contributed by atoms with Crippen LogP contribution < -0.4 is 5.32 Å². The molecule has 1 aliphatic heterocycles. The number of hydrogen-bond donors (Lipinski definition) is 2. The Morgan fingerprint density at radius 2 is 1.61 bits per heavy atom. The Morgan fingerprint density at radius 3 is 2.39 bits per heavy atom. The van der Waals surface area contributed by atoms with Gasteiger partial charge in [-0.1, -0.05) is 48.5 Å². The van der Waals surface area contributed by atoms with Crippen LogP contribution in [0.15, 0.2) is 54.6 Å². The SMILES string of the molecule is CC1=C(c2ccccc2)C(O)Nc2ccccc21. The van der Waals surface area contributed by atoms with Crippen LogP contribution in [0.1, 0.15) is 18.1 Å². The molecular weight excluding hydrogens is 222 g/mol. The molecule has 0 aliphatic carbocycles. The van der Waals surface area contributed by atoms with Gasteiger partial charge in [0.1, 0.15) is 0 Å². The molecule has 1 atom stereocenters. The number of nitrogens with one attached hydrogen (secondary N) is 1. The topological polar surface area (TPSA) is 32.3 Å². The van der Waals surface area contributed by atoms with Crippen molar-refractivity contribution in [3.05, 3.63) is 65.7 Å². The minimum atomic E-state index is -0.651. The van der Waals surface area contributed by atoms with E-state index in [9.17, 15) is 5.11 Å². The van der Waals surface area contributed by atoms with E-state index in [0.717, 1.165) is 28.0 Å². The van der Waals surface area contributed by atoms with Gasteiger partial charge in [0.05, 0.1) is 0 Å². The maximum absolute atomic E-state index is 10.3. The van der Waals surface area contributed by atoms with Crippen molar-refractivity contribution >= 4 is 16.8 Å². The largest absolute Gasteiger partial charge is 0.369 e. The van der Waals surface area contributed by atoms with Gasteiger partial charge in [-0.25, -0.2) is 0 Å². The van der Waals surface area contributed by atoms with Crippen molar-refractivity contribution in [3.63, 3.8) is 0 Å². The summed E-state index contributed by atoms with van der Waals surface area (Å²) in [5.74, 6) is 0. The van der Waals surface area contributed by atoms with E-state index in [1.165, 1.54) is 0 Å². The van der Waals surface area contributed by atoms with Crippen LogP contribution in [0.4, 0.5) is 5.69 Å². The molecule has 2 N–H and O–H groups in total. The number of para-hydroxylation sites is 1. The number of anilines is 1. The maximum atomic E-state index is 10.3. The lowest BCUT2D eigenvalue weighted by Gasteiger charge is -2.28. The molecule has 90 valence electrons. The van der Waals surface area contributed by atoms with Crippen LogP contribution >= 0.6 is 0 Å². The van der Waals surface area contributed by atoms with E-state index in [-0.39, 0.29) is 0 Å². The second-order valence-corrected chi connectivity index (χ2v) is 4.50. The Balaban J connectivity index is 2.20. The molecule has 1 aliphatic rings. The molecule has 2 aromatic carbocycles. The standard InChI is InChI=1S/C16H15NO/c1-11-13-9-5-6-10-14(13)17-16(18)15(11)12-7-3-2-4-8-12/h2-10,16-18H,1H3. The summed E-state index contributed by atoms with van der Waals surface area (Å²) in [4.78, 5) is 0. The molecule has 2 heteroatoms. The number of aliphatic hydroxyl groups excluding tert-OH is 1. The molecule has 0 saturated carbocycles. The predicted molar refractivity (Wildman–Crippen MR) is 75.0 cm³/mol. The third-order valence-electron chi connectivity index (χ3n) is 3.39. The van der Waals surface area contributed by atoms with Crippen LogP contribution in [0, 0.1) is 0 Å². The van der Waals surface area contributed by atoms with Crippen LogP contribution in [0.2, 0.25) is 0 Å². The highest BCUT2D eigenvalue weighted by Crippen LogP contribution is 2.37. The fraction of sp³-hybridized carbons (Fsp3) is 0.125. The summed E-state index contributed by atoms with van der Waals surface area (Å²) in [6.07, 6.45) is -0.651. The first-order chi connectivity index (χ1) is 8.77. The Morgan fingerprint density at radius 1 is 0.944 bits per heavy atom. The summed E-state index contributed by atoms with van der Waals surface area (Å²) in [5.41, 5.74) is 5.28. The fourth-order valence-corrected chi connectivity index (χ4v) is 2.50. The van der Waals surface area contributed by atoms with Gasteiger partial charge >= 0.3 is 0 Å². The zero-order chi connectivity index (χ0) is 12.5. The van der Waals surface area contributed by atoms with Gasteiger partial charge in [0.2, 0.25) is 0 Å². The van der Waals surface area contributed by atoms with E-state index in [4.69, 9.17) is 0 Å². The molecular formula is C16H15NO. The van der Waals surface area contributed by atoms with Crippen molar-refractivity contribution < 1.29 is 5.11 Å². The molecule has 0 spiro atoms. The van der Waals surface area contributed by atoms with Crippen molar-refractivity contribution in [2.24, 2.45) is 0 Å². The fourth-order valence-electron chi connectivity index (χ4n) is 2.50. The van der Waals surface area contributed by atoms with Crippen LogP contribution in [-0.4, -0.2) is 11.3 Å². The quantitative estimate of drug-likeness (QED) is 0.797. The maximum Gasteiger partial charge on any atom is 0.151 e. The molecule has 0 bridgehead atoms. The third kappa shape index (κ3) is 1.71. The number of fused-ring (bicyclic) bond motifs is 1. The van der Waals surface area contributed by atoms with E-state index < -0.39 is 6.23 Å². The van der Waals surface area contributed by atoms with Crippen molar-refractivity contribution in [1.29, 1.82) is 0 Å². The third-order valence-corrected chi connectivity index (χ3v) is 3.39. The van der Waals surface area contributed by atoms with Crippen molar-refractivity contribution in [1.82, 2.24) is 0 Å². The molecule has 1 unspecified atom stereocenters. The Kier molecular flexibility index (Phi) is 2.65. The highest BCUT2D eigenvalue weighted by Gasteiger charge is 2.23. The van der Waals surface area contributed by atoms with Gasteiger partial charge in [0.15, 0.2) is 6.23 Å².